The van der Waals surface area contributed by atoms with Crippen molar-refractivity contribution in [1.29, 1.82) is 0 Å². The third-order valence-corrected chi connectivity index (χ3v) is 4.07. The molecule has 3 aromatic rings. The van der Waals surface area contributed by atoms with Gasteiger partial charge in [0.1, 0.15) is 12.1 Å². The van der Waals surface area contributed by atoms with Gasteiger partial charge in [0.05, 0.1) is 17.7 Å². The first kappa shape index (κ1) is 23.6. The van der Waals surface area contributed by atoms with Gasteiger partial charge in [-0.15, -0.1) is 0 Å². The van der Waals surface area contributed by atoms with Crippen LogP contribution in [0.15, 0.2) is 46.9 Å². The monoisotopic (exact) mass is 469 g/mol. The van der Waals surface area contributed by atoms with Gasteiger partial charge >= 0.3 is 18.5 Å². The fraction of sp³-hybridized carbons (Fsp3) is 0.250. The van der Waals surface area contributed by atoms with E-state index in [1.807, 2.05) is 0 Å². The van der Waals surface area contributed by atoms with Gasteiger partial charge in [-0.25, -0.2) is 4.98 Å². The van der Waals surface area contributed by atoms with Gasteiger partial charge in [-0.2, -0.15) is 39.5 Å². The Kier molecular flexibility index (Phi) is 6.27. The summed E-state index contributed by atoms with van der Waals surface area (Å²) < 4.78 is 125. The Bertz CT molecular complexity index is 1120. The van der Waals surface area contributed by atoms with Crippen molar-refractivity contribution in [3.8, 4) is 0 Å². The largest absolute Gasteiger partial charge is 0.436 e. The molecule has 172 valence electrons. The van der Waals surface area contributed by atoms with E-state index >= 15 is 0 Å². The van der Waals surface area contributed by atoms with Crippen molar-refractivity contribution in [2.24, 2.45) is 0 Å². The molecule has 12 heteroatoms. The lowest BCUT2D eigenvalue weighted by atomic mass is 10.1. The molecule has 3 nitrogen and oxygen atoms in total. The maximum Gasteiger partial charge on any atom is 0.416 e. The van der Waals surface area contributed by atoms with E-state index in [1.54, 1.807) is 0 Å². The van der Waals surface area contributed by atoms with E-state index in [2.05, 4.69) is 9.72 Å². The summed E-state index contributed by atoms with van der Waals surface area (Å²) in [6, 6.07) is 6.28. The number of halogens is 9. The molecule has 1 heterocycles. The maximum absolute atomic E-state index is 12.9. The van der Waals surface area contributed by atoms with Gasteiger partial charge in [0.25, 0.3) is 0 Å². The van der Waals surface area contributed by atoms with Crippen molar-refractivity contribution in [2.75, 3.05) is 13.2 Å². The van der Waals surface area contributed by atoms with Gasteiger partial charge in [0.15, 0.2) is 5.58 Å². The number of hydrogen-bond acceptors (Lipinski definition) is 3. The lowest BCUT2D eigenvalue weighted by molar-refractivity contribution is -0.170. The van der Waals surface area contributed by atoms with E-state index in [0.29, 0.717) is 6.07 Å². The third kappa shape index (κ3) is 6.02. The SMILES string of the molecule is FC(F)(F)COCC(=Cc1cccc(C(F)(F)F)c1)c1nc2cc(C(F)(F)F)ccc2o1. The average molecular weight is 469 g/mol. The minimum atomic E-state index is -4.68. The quantitative estimate of drug-likeness (QED) is 0.378. The van der Waals surface area contributed by atoms with Crippen LogP contribution in [0.25, 0.3) is 22.7 Å². The highest BCUT2D eigenvalue weighted by Gasteiger charge is 2.32. The highest BCUT2D eigenvalue weighted by Crippen LogP contribution is 2.33. The summed E-state index contributed by atoms with van der Waals surface area (Å²) in [4.78, 5) is 3.85. The standard InChI is InChI=1S/C20H12F9NO2/c21-18(22,23)10-31-9-12(6-11-2-1-3-13(7-11)19(24,25)26)17-30-15-8-14(20(27,28)29)4-5-16(15)32-17/h1-8H,9-10H2. The second-order valence-electron chi connectivity index (χ2n) is 6.60. The van der Waals surface area contributed by atoms with E-state index < -0.39 is 42.9 Å². The van der Waals surface area contributed by atoms with Crippen LogP contribution < -0.4 is 0 Å². The van der Waals surface area contributed by atoms with Gasteiger partial charge in [-0.3, -0.25) is 0 Å². The van der Waals surface area contributed by atoms with Crippen molar-refractivity contribution < 1.29 is 48.7 Å². The summed E-state index contributed by atoms with van der Waals surface area (Å²) in [7, 11) is 0. The van der Waals surface area contributed by atoms with Crippen molar-refractivity contribution in [1.82, 2.24) is 4.98 Å². The third-order valence-electron chi connectivity index (χ3n) is 4.07. The van der Waals surface area contributed by atoms with Crippen LogP contribution in [0.3, 0.4) is 0 Å². The molecular formula is C20H12F9NO2. The van der Waals surface area contributed by atoms with Gasteiger partial charge in [-0.1, -0.05) is 12.1 Å². The Morgan fingerprint density at radius 3 is 2.16 bits per heavy atom. The molecule has 0 aliphatic rings. The van der Waals surface area contributed by atoms with Gasteiger partial charge in [0, 0.05) is 5.57 Å². The first-order valence-corrected chi connectivity index (χ1v) is 8.73. The molecule has 3 rings (SSSR count). The van der Waals surface area contributed by atoms with Crippen molar-refractivity contribution >= 4 is 22.7 Å². The Morgan fingerprint density at radius 1 is 0.875 bits per heavy atom. The molecule has 0 spiro atoms. The number of fused-ring (bicyclic) bond motifs is 1. The molecule has 2 aromatic carbocycles. The van der Waals surface area contributed by atoms with Crippen LogP contribution in [0.5, 0.6) is 0 Å². The molecule has 0 saturated carbocycles. The first-order chi connectivity index (χ1) is 14.7. The fourth-order valence-electron chi connectivity index (χ4n) is 2.69. The Balaban J connectivity index is 2.02. The number of ether oxygens (including phenoxy) is 1. The summed E-state index contributed by atoms with van der Waals surface area (Å²) in [5.41, 5.74) is -2.61. The molecule has 0 aliphatic carbocycles. The van der Waals surface area contributed by atoms with Crippen LogP contribution in [0.4, 0.5) is 39.5 Å². The minimum Gasteiger partial charge on any atom is -0.436 e. The van der Waals surface area contributed by atoms with Crippen molar-refractivity contribution in [3.05, 3.63) is 65.0 Å². The van der Waals surface area contributed by atoms with E-state index in [-0.39, 0.29) is 28.1 Å². The molecule has 0 atom stereocenters. The summed E-state index contributed by atoms with van der Waals surface area (Å²) >= 11 is 0. The lowest BCUT2D eigenvalue weighted by Gasteiger charge is -2.10. The fourth-order valence-corrected chi connectivity index (χ4v) is 2.69. The Morgan fingerprint density at radius 2 is 1.53 bits per heavy atom. The number of alkyl halides is 9. The van der Waals surface area contributed by atoms with Crippen LogP contribution in [0.1, 0.15) is 22.6 Å². The number of hydrogen-bond donors (Lipinski definition) is 0. The van der Waals surface area contributed by atoms with Crippen molar-refractivity contribution in [2.45, 2.75) is 18.5 Å². The molecule has 32 heavy (non-hydrogen) atoms. The van der Waals surface area contributed by atoms with E-state index in [4.69, 9.17) is 4.42 Å². The van der Waals surface area contributed by atoms with Crippen molar-refractivity contribution in [3.63, 3.8) is 0 Å². The lowest BCUT2D eigenvalue weighted by Crippen LogP contribution is -2.17. The molecule has 0 bridgehead atoms. The molecule has 0 unspecified atom stereocenters. The number of aromatic nitrogens is 1. The average Bonchev–Trinajstić information content (AvgIpc) is 3.08. The van der Waals surface area contributed by atoms with Crippen LogP contribution in [-0.4, -0.2) is 24.4 Å². The van der Waals surface area contributed by atoms with Crippen LogP contribution in [0, 0.1) is 0 Å². The van der Waals surface area contributed by atoms with Gasteiger partial charge in [-0.05, 0) is 42.0 Å². The summed E-state index contributed by atoms with van der Waals surface area (Å²) in [6.07, 6.45) is -13.0. The minimum absolute atomic E-state index is 0.0522. The smallest absolute Gasteiger partial charge is 0.416 e. The first-order valence-electron chi connectivity index (χ1n) is 8.73. The van der Waals surface area contributed by atoms with Crippen LogP contribution >= 0.6 is 0 Å². The molecular weight excluding hydrogens is 457 g/mol. The van der Waals surface area contributed by atoms with Crippen LogP contribution in [-0.2, 0) is 17.1 Å². The zero-order valence-corrected chi connectivity index (χ0v) is 15.7. The van der Waals surface area contributed by atoms with Gasteiger partial charge in [0.2, 0.25) is 5.89 Å². The molecule has 0 fully saturated rings. The highest BCUT2D eigenvalue weighted by molar-refractivity contribution is 5.83. The number of nitrogens with zero attached hydrogens (tertiary/aromatic N) is 1. The predicted molar refractivity (Wildman–Crippen MR) is 95.2 cm³/mol. The van der Waals surface area contributed by atoms with E-state index in [0.717, 1.165) is 36.4 Å². The normalized spacial score (nSPS) is 13.7. The molecule has 0 radical (unpaired) electrons. The Hall–Kier alpha value is -3.02. The maximum atomic E-state index is 12.9. The number of rotatable bonds is 5. The molecule has 0 N–H and O–H groups in total. The number of oxazole rings is 1. The zero-order chi connectivity index (χ0) is 23.7. The predicted octanol–water partition coefficient (Wildman–Crippen LogP) is 6.98. The zero-order valence-electron chi connectivity index (χ0n) is 15.7. The second-order valence-corrected chi connectivity index (χ2v) is 6.60. The van der Waals surface area contributed by atoms with E-state index in [1.165, 1.54) is 6.07 Å². The molecule has 0 aliphatic heterocycles. The number of benzene rings is 2. The summed E-state index contributed by atoms with van der Waals surface area (Å²) in [5.74, 6) is -0.390. The molecule has 1 aromatic heterocycles. The summed E-state index contributed by atoms with van der Waals surface area (Å²) in [6.45, 7) is -2.43. The van der Waals surface area contributed by atoms with E-state index in [9.17, 15) is 39.5 Å². The summed E-state index contributed by atoms with van der Waals surface area (Å²) in [5, 5.41) is 0. The highest BCUT2D eigenvalue weighted by atomic mass is 19.4. The molecule has 0 amide bonds. The second kappa shape index (κ2) is 8.49. The van der Waals surface area contributed by atoms with Gasteiger partial charge < -0.3 is 9.15 Å². The Labute approximate surface area is 174 Å². The van der Waals surface area contributed by atoms with Crippen LogP contribution in [0.2, 0.25) is 0 Å². The topological polar surface area (TPSA) is 35.3 Å². The molecule has 0 saturated heterocycles.